The first-order valence-corrected chi connectivity index (χ1v) is 7.39. The van der Waals surface area contributed by atoms with E-state index in [4.69, 9.17) is 16.6 Å². The standard InChI is InChI=1S/C13H16ClN3S/c1-8-7-17(9(2)6-15-8)13-16-11-4-3-10(14)5-12(11)18-13/h3-5,8-9,15H,6-7H2,1-2H3/t8-,9-/m0/s1. The van der Waals surface area contributed by atoms with Gasteiger partial charge in [-0.15, -0.1) is 0 Å². The number of nitrogens with zero attached hydrogens (tertiary/aromatic N) is 2. The Labute approximate surface area is 116 Å². The molecule has 96 valence electrons. The monoisotopic (exact) mass is 281 g/mol. The molecule has 0 spiro atoms. The molecule has 3 nitrogen and oxygen atoms in total. The summed E-state index contributed by atoms with van der Waals surface area (Å²) >= 11 is 7.75. The lowest BCUT2D eigenvalue weighted by Gasteiger charge is -2.37. The van der Waals surface area contributed by atoms with E-state index in [1.807, 2.05) is 18.2 Å². The van der Waals surface area contributed by atoms with Crippen LogP contribution in [-0.2, 0) is 0 Å². The van der Waals surface area contributed by atoms with E-state index in [0.717, 1.165) is 33.5 Å². The van der Waals surface area contributed by atoms with Crippen molar-refractivity contribution < 1.29 is 0 Å². The second-order valence-electron chi connectivity index (χ2n) is 4.92. The van der Waals surface area contributed by atoms with Crippen molar-refractivity contribution in [3.8, 4) is 0 Å². The van der Waals surface area contributed by atoms with Gasteiger partial charge in [-0.25, -0.2) is 4.98 Å². The predicted molar refractivity (Wildman–Crippen MR) is 78.9 cm³/mol. The van der Waals surface area contributed by atoms with Crippen molar-refractivity contribution in [2.45, 2.75) is 25.9 Å². The van der Waals surface area contributed by atoms with Crippen LogP contribution in [0.4, 0.5) is 5.13 Å². The largest absolute Gasteiger partial charge is 0.343 e. The Balaban J connectivity index is 1.97. The van der Waals surface area contributed by atoms with Gasteiger partial charge in [0, 0.05) is 30.2 Å². The molecule has 2 heterocycles. The summed E-state index contributed by atoms with van der Waals surface area (Å²) in [6.45, 7) is 6.47. The van der Waals surface area contributed by atoms with Crippen molar-refractivity contribution in [3.63, 3.8) is 0 Å². The number of benzene rings is 1. The number of rotatable bonds is 1. The van der Waals surface area contributed by atoms with Gasteiger partial charge >= 0.3 is 0 Å². The van der Waals surface area contributed by atoms with Crippen molar-refractivity contribution >= 4 is 38.3 Å². The van der Waals surface area contributed by atoms with Crippen molar-refractivity contribution in [2.75, 3.05) is 18.0 Å². The van der Waals surface area contributed by atoms with Crippen molar-refractivity contribution in [2.24, 2.45) is 0 Å². The van der Waals surface area contributed by atoms with Gasteiger partial charge < -0.3 is 10.2 Å². The third kappa shape index (κ3) is 2.20. The third-order valence-electron chi connectivity index (χ3n) is 3.35. The number of hydrogen-bond acceptors (Lipinski definition) is 4. The second-order valence-corrected chi connectivity index (χ2v) is 6.36. The Morgan fingerprint density at radius 2 is 2.28 bits per heavy atom. The lowest BCUT2D eigenvalue weighted by molar-refractivity contribution is 0.425. The van der Waals surface area contributed by atoms with Crippen LogP contribution in [0, 0.1) is 0 Å². The Morgan fingerprint density at radius 3 is 3.11 bits per heavy atom. The number of fused-ring (bicyclic) bond motifs is 1. The summed E-state index contributed by atoms with van der Waals surface area (Å²) in [5, 5.41) is 5.37. The molecule has 1 N–H and O–H groups in total. The molecule has 0 bridgehead atoms. The van der Waals surface area contributed by atoms with E-state index in [2.05, 4.69) is 24.1 Å². The minimum absolute atomic E-state index is 0.484. The highest BCUT2D eigenvalue weighted by Crippen LogP contribution is 2.32. The fourth-order valence-corrected chi connectivity index (χ4v) is 3.65. The molecule has 1 aromatic carbocycles. The van der Waals surface area contributed by atoms with E-state index in [1.54, 1.807) is 11.3 Å². The Bertz CT molecular complexity index is 568. The summed E-state index contributed by atoms with van der Waals surface area (Å²) in [7, 11) is 0. The number of piperazine rings is 1. The molecule has 3 rings (SSSR count). The average Bonchev–Trinajstić information content (AvgIpc) is 2.74. The average molecular weight is 282 g/mol. The Kier molecular flexibility index (Phi) is 3.18. The molecule has 5 heteroatoms. The van der Waals surface area contributed by atoms with Gasteiger partial charge in [0.2, 0.25) is 0 Å². The molecule has 1 fully saturated rings. The minimum Gasteiger partial charge on any atom is -0.343 e. The Morgan fingerprint density at radius 1 is 1.44 bits per heavy atom. The maximum atomic E-state index is 6.02. The van der Waals surface area contributed by atoms with E-state index in [9.17, 15) is 0 Å². The zero-order valence-corrected chi connectivity index (χ0v) is 12.1. The van der Waals surface area contributed by atoms with Crippen molar-refractivity contribution in [1.29, 1.82) is 0 Å². The molecule has 0 saturated carbocycles. The van der Waals surface area contributed by atoms with Crippen LogP contribution in [0.5, 0.6) is 0 Å². The van der Waals surface area contributed by atoms with Crippen LogP contribution in [-0.4, -0.2) is 30.2 Å². The second kappa shape index (κ2) is 4.68. The van der Waals surface area contributed by atoms with E-state index in [1.165, 1.54) is 0 Å². The van der Waals surface area contributed by atoms with Crippen LogP contribution in [0.3, 0.4) is 0 Å². The van der Waals surface area contributed by atoms with Gasteiger partial charge in [0.05, 0.1) is 10.2 Å². The molecule has 1 aliphatic rings. The predicted octanol–water partition coefficient (Wildman–Crippen LogP) is 3.14. The minimum atomic E-state index is 0.484. The maximum absolute atomic E-state index is 6.02. The molecule has 1 aliphatic heterocycles. The lowest BCUT2D eigenvalue weighted by Crippen LogP contribution is -2.54. The van der Waals surface area contributed by atoms with Gasteiger partial charge in [-0.2, -0.15) is 0 Å². The maximum Gasteiger partial charge on any atom is 0.186 e. The van der Waals surface area contributed by atoms with Crippen molar-refractivity contribution in [3.05, 3.63) is 23.2 Å². The molecule has 2 aromatic rings. The van der Waals surface area contributed by atoms with Crippen molar-refractivity contribution in [1.82, 2.24) is 10.3 Å². The number of halogens is 1. The molecule has 1 aromatic heterocycles. The fourth-order valence-electron chi connectivity index (χ4n) is 2.30. The smallest absolute Gasteiger partial charge is 0.186 e. The van der Waals surface area contributed by atoms with Crippen LogP contribution in [0.1, 0.15) is 13.8 Å². The number of anilines is 1. The van der Waals surface area contributed by atoms with Crippen LogP contribution in [0.15, 0.2) is 18.2 Å². The highest BCUT2D eigenvalue weighted by Gasteiger charge is 2.24. The van der Waals surface area contributed by atoms with Gasteiger partial charge in [0.15, 0.2) is 5.13 Å². The van der Waals surface area contributed by atoms with Crippen LogP contribution >= 0.6 is 22.9 Å². The zero-order valence-electron chi connectivity index (χ0n) is 10.5. The normalized spacial score (nSPS) is 24.7. The summed E-state index contributed by atoms with van der Waals surface area (Å²) in [6, 6.07) is 6.88. The number of nitrogens with one attached hydrogen (secondary N) is 1. The van der Waals surface area contributed by atoms with Crippen LogP contribution < -0.4 is 10.2 Å². The number of hydrogen-bond donors (Lipinski definition) is 1. The molecule has 1 saturated heterocycles. The quantitative estimate of drug-likeness (QED) is 0.870. The van der Waals surface area contributed by atoms with Gasteiger partial charge in [-0.1, -0.05) is 22.9 Å². The topological polar surface area (TPSA) is 28.2 Å². The summed E-state index contributed by atoms with van der Waals surface area (Å²) in [6.07, 6.45) is 0. The van der Waals surface area contributed by atoms with Gasteiger partial charge in [-0.05, 0) is 32.0 Å². The SMILES string of the molecule is C[C@H]1CN(c2nc3ccc(Cl)cc3s2)[C@@H](C)CN1. The molecule has 0 unspecified atom stereocenters. The summed E-state index contributed by atoms with van der Waals surface area (Å²) < 4.78 is 1.16. The number of thiazole rings is 1. The van der Waals surface area contributed by atoms with Crippen LogP contribution in [0.25, 0.3) is 10.2 Å². The number of aromatic nitrogens is 1. The van der Waals surface area contributed by atoms with E-state index in [0.29, 0.717) is 12.1 Å². The molecule has 0 radical (unpaired) electrons. The molecule has 0 aliphatic carbocycles. The van der Waals surface area contributed by atoms with E-state index in [-0.39, 0.29) is 0 Å². The van der Waals surface area contributed by atoms with E-state index >= 15 is 0 Å². The summed E-state index contributed by atoms with van der Waals surface area (Å²) in [5.41, 5.74) is 1.04. The zero-order chi connectivity index (χ0) is 12.7. The highest BCUT2D eigenvalue weighted by atomic mass is 35.5. The van der Waals surface area contributed by atoms with E-state index < -0.39 is 0 Å². The molecular formula is C13H16ClN3S. The van der Waals surface area contributed by atoms with Gasteiger partial charge in [-0.3, -0.25) is 0 Å². The summed E-state index contributed by atoms with van der Waals surface area (Å²) in [5.74, 6) is 0. The first kappa shape index (κ1) is 12.2. The fraction of sp³-hybridized carbons (Fsp3) is 0.462. The molecular weight excluding hydrogens is 266 g/mol. The van der Waals surface area contributed by atoms with Crippen LogP contribution in [0.2, 0.25) is 5.02 Å². The van der Waals surface area contributed by atoms with Gasteiger partial charge in [0.25, 0.3) is 0 Å². The first-order chi connectivity index (χ1) is 8.63. The highest BCUT2D eigenvalue weighted by molar-refractivity contribution is 7.22. The van der Waals surface area contributed by atoms with Gasteiger partial charge in [0.1, 0.15) is 0 Å². The Hall–Kier alpha value is -0.840. The lowest BCUT2D eigenvalue weighted by atomic mass is 10.1. The summed E-state index contributed by atoms with van der Waals surface area (Å²) in [4.78, 5) is 7.11. The third-order valence-corrected chi connectivity index (χ3v) is 4.64. The molecule has 2 atom stereocenters. The molecule has 0 amide bonds. The molecule has 18 heavy (non-hydrogen) atoms. The first-order valence-electron chi connectivity index (χ1n) is 6.19.